The third-order valence-electron chi connectivity index (χ3n) is 0.471. The van der Waals surface area contributed by atoms with Crippen molar-refractivity contribution in [2.24, 2.45) is 0 Å². The van der Waals surface area contributed by atoms with Crippen LogP contribution in [0.15, 0.2) is 25.3 Å². The van der Waals surface area contributed by atoms with Crippen molar-refractivity contribution in [1.82, 2.24) is 0 Å². The first-order chi connectivity index (χ1) is 4.41. The van der Waals surface area contributed by atoms with Gasteiger partial charge in [-0.2, -0.15) is 0 Å². The van der Waals surface area contributed by atoms with E-state index in [4.69, 9.17) is 4.74 Å². The van der Waals surface area contributed by atoms with Crippen LogP contribution in [0.3, 0.4) is 0 Å². The molecule has 0 atom stereocenters. The predicted molar refractivity (Wildman–Crippen MR) is 38.2 cm³/mol. The summed E-state index contributed by atoms with van der Waals surface area (Å²) in [5.41, 5.74) is 0. The first-order valence-corrected chi connectivity index (χ1v) is 2.59. The molecule has 0 aliphatic rings. The number of ether oxygens (including phenoxy) is 1. The van der Waals surface area contributed by atoms with Gasteiger partial charge in [0.1, 0.15) is 0 Å². The van der Waals surface area contributed by atoms with Crippen LogP contribution < -0.4 is 0 Å². The van der Waals surface area contributed by atoms with Crippen LogP contribution in [0.1, 0.15) is 0 Å². The van der Waals surface area contributed by atoms with E-state index in [0.717, 1.165) is 0 Å². The van der Waals surface area contributed by atoms with Crippen LogP contribution in [0, 0.1) is 0 Å². The van der Waals surface area contributed by atoms with Gasteiger partial charge in [-0.1, -0.05) is 12.2 Å². The largest absolute Gasteiger partial charge is 0.373 e. The van der Waals surface area contributed by atoms with Gasteiger partial charge in [-0.15, -0.1) is 13.2 Å². The van der Waals surface area contributed by atoms with Crippen LogP contribution in [-0.4, -0.2) is 20.4 Å². The molecule has 0 aliphatic heterocycles. The summed E-state index contributed by atoms with van der Waals surface area (Å²) < 4.78 is 14.4. The zero-order valence-corrected chi connectivity index (χ0v) is 5.77. The molecular weight excluding hydrogens is 119 g/mol. The summed E-state index contributed by atoms with van der Waals surface area (Å²) in [5, 5.41) is 0. The molecule has 0 aromatic rings. The average Bonchev–Trinajstić information content (AvgIpc) is 1.94. The molecular formula is C7H13FO. The van der Waals surface area contributed by atoms with E-state index in [0.29, 0.717) is 20.4 Å². The Morgan fingerprint density at radius 3 is 1.78 bits per heavy atom. The smallest absolute Gasteiger partial charge is 0.0785 e. The maximum atomic E-state index is 9.50. The van der Waals surface area contributed by atoms with Gasteiger partial charge in [0.25, 0.3) is 0 Å². The molecule has 0 amide bonds. The molecule has 0 bridgehead atoms. The molecule has 2 heteroatoms. The molecule has 0 N–H and O–H groups in total. The summed E-state index contributed by atoms with van der Waals surface area (Å²) in [6, 6.07) is 0. The van der Waals surface area contributed by atoms with Gasteiger partial charge in [-0.3, -0.25) is 4.39 Å². The van der Waals surface area contributed by atoms with Gasteiger partial charge in [-0.05, 0) is 0 Å². The van der Waals surface area contributed by atoms with Crippen molar-refractivity contribution in [3.63, 3.8) is 0 Å². The number of hydrogen-bond donors (Lipinski definition) is 0. The fourth-order valence-electron chi connectivity index (χ4n) is 0.235. The fourth-order valence-corrected chi connectivity index (χ4v) is 0.235. The summed E-state index contributed by atoms with van der Waals surface area (Å²) in [6.45, 7) is 8.18. The summed E-state index contributed by atoms with van der Waals surface area (Å²) in [4.78, 5) is 0. The average molecular weight is 132 g/mol. The van der Waals surface area contributed by atoms with E-state index in [1.54, 1.807) is 12.2 Å². The fraction of sp³-hybridized carbons (Fsp3) is 0.429. The monoisotopic (exact) mass is 132 g/mol. The summed E-state index contributed by atoms with van der Waals surface area (Å²) in [5.74, 6) is 0. The molecule has 0 unspecified atom stereocenters. The molecule has 0 aromatic carbocycles. The molecule has 0 aliphatic carbocycles. The zero-order chi connectivity index (χ0) is 7.54. The van der Waals surface area contributed by atoms with Crippen molar-refractivity contribution in [2.75, 3.05) is 20.4 Å². The molecule has 0 heterocycles. The first kappa shape index (κ1) is 11.2. The minimum absolute atomic E-state index is 0.500. The van der Waals surface area contributed by atoms with Crippen LogP contribution in [0.25, 0.3) is 0 Å². The highest BCUT2D eigenvalue weighted by atomic mass is 19.1. The Kier molecular flexibility index (Phi) is 19.5. The predicted octanol–water partition coefficient (Wildman–Crippen LogP) is 1.96. The van der Waals surface area contributed by atoms with Crippen molar-refractivity contribution < 1.29 is 9.13 Å². The summed E-state index contributed by atoms with van der Waals surface area (Å²) in [7, 11) is 0.500. The molecule has 1 nitrogen and oxygen atoms in total. The first-order valence-electron chi connectivity index (χ1n) is 2.59. The second-order valence-electron chi connectivity index (χ2n) is 1.11. The van der Waals surface area contributed by atoms with E-state index >= 15 is 0 Å². The Morgan fingerprint density at radius 2 is 1.56 bits per heavy atom. The normalized spacial score (nSPS) is 6.89. The Morgan fingerprint density at radius 1 is 1.22 bits per heavy atom. The molecule has 54 valence electrons. The van der Waals surface area contributed by atoms with Crippen molar-refractivity contribution in [2.45, 2.75) is 0 Å². The molecule has 0 radical (unpaired) electrons. The SMILES string of the molecule is C=CCOCC=C.CF. The van der Waals surface area contributed by atoms with E-state index in [1.807, 2.05) is 0 Å². The lowest BCUT2D eigenvalue weighted by Gasteiger charge is -1.89. The van der Waals surface area contributed by atoms with Gasteiger partial charge >= 0.3 is 0 Å². The highest BCUT2D eigenvalue weighted by molar-refractivity contribution is 4.68. The maximum Gasteiger partial charge on any atom is 0.0785 e. The number of halogens is 1. The van der Waals surface area contributed by atoms with Gasteiger partial charge < -0.3 is 4.74 Å². The van der Waals surface area contributed by atoms with E-state index < -0.39 is 0 Å². The molecule has 0 fully saturated rings. The molecule has 0 aromatic heterocycles. The number of hydrogen-bond acceptors (Lipinski definition) is 1. The molecule has 9 heavy (non-hydrogen) atoms. The second kappa shape index (κ2) is 15.7. The number of rotatable bonds is 4. The van der Waals surface area contributed by atoms with Gasteiger partial charge in [0.05, 0.1) is 20.4 Å². The van der Waals surface area contributed by atoms with Gasteiger partial charge in [0.2, 0.25) is 0 Å². The highest BCUT2D eigenvalue weighted by Crippen LogP contribution is 1.72. The van der Waals surface area contributed by atoms with Crippen molar-refractivity contribution in [3.8, 4) is 0 Å². The minimum Gasteiger partial charge on any atom is -0.373 e. The molecule has 0 spiro atoms. The second-order valence-corrected chi connectivity index (χ2v) is 1.11. The van der Waals surface area contributed by atoms with Crippen LogP contribution in [0.4, 0.5) is 4.39 Å². The van der Waals surface area contributed by atoms with E-state index in [9.17, 15) is 4.39 Å². The lowest BCUT2D eigenvalue weighted by atomic mass is 10.6. The van der Waals surface area contributed by atoms with E-state index in [1.165, 1.54) is 0 Å². The van der Waals surface area contributed by atoms with Gasteiger partial charge in [0.15, 0.2) is 0 Å². The van der Waals surface area contributed by atoms with E-state index in [-0.39, 0.29) is 0 Å². The molecule has 0 saturated carbocycles. The minimum atomic E-state index is 0.500. The summed E-state index contributed by atoms with van der Waals surface area (Å²) >= 11 is 0. The van der Waals surface area contributed by atoms with E-state index in [2.05, 4.69) is 13.2 Å². The summed E-state index contributed by atoms with van der Waals surface area (Å²) in [6.07, 6.45) is 3.42. The van der Waals surface area contributed by atoms with Crippen LogP contribution in [0.2, 0.25) is 0 Å². The maximum absolute atomic E-state index is 9.50. The molecule has 0 saturated heterocycles. The van der Waals surface area contributed by atoms with Crippen LogP contribution in [-0.2, 0) is 4.74 Å². The third-order valence-corrected chi connectivity index (χ3v) is 0.471. The lowest BCUT2D eigenvalue weighted by molar-refractivity contribution is 0.194. The Hall–Kier alpha value is -0.630. The third kappa shape index (κ3) is 18.7. The highest BCUT2D eigenvalue weighted by Gasteiger charge is 1.70. The van der Waals surface area contributed by atoms with Gasteiger partial charge in [-0.25, -0.2) is 0 Å². The van der Waals surface area contributed by atoms with Crippen LogP contribution >= 0.6 is 0 Å². The Bertz CT molecular complexity index is 53.9. The quantitative estimate of drug-likeness (QED) is 0.419. The Balaban J connectivity index is 0. The topological polar surface area (TPSA) is 9.23 Å². The standard InChI is InChI=1S/C6H10O.CH3F/c1-3-5-7-6-4-2;1-2/h3-4H,1-2,5-6H2;1H3. The van der Waals surface area contributed by atoms with Crippen LogP contribution in [0.5, 0.6) is 0 Å². The van der Waals surface area contributed by atoms with Crippen molar-refractivity contribution in [3.05, 3.63) is 25.3 Å². The van der Waals surface area contributed by atoms with Crippen molar-refractivity contribution >= 4 is 0 Å². The molecule has 0 rings (SSSR count). The van der Waals surface area contributed by atoms with Gasteiger partial charge in [0, 0.05) is 0 Å². The Labute approximate surface area is 55.8 Å². The number of alkyl halides is 1. The lowest BCUT2D eigenvalue weighted by Crippen LogP contribution is -1.87. The zero-order valence-electron chi connectivity index (χ0n) is 5.77. The van der Waals surface area contributed by atoms with Crippen molar-refractivity contribution in [1.29, 1.82) is 0 Å².